The average molecular weight is 245 g/mol. The van der Waals surface area contributed by atoms with Crippen LogP contribution < -0.4 is 11.4 Å². The maximum absolute atomic E-state index is 13.2. The van der Waals surface area contributed by atoms with Crippen LogP contribution in [0.1, 0.15) is 13.2 Å². The Bertz CT molecular complexity index is 492. The van der Waals surface area contributed by atoms with Crippen molar-refractivity contribution >= 4 is 5.82 Å². The van der Waals surface area contributed by atoms with E-state index in [2.05, 4.69) is 4.98 Å². The summed E-state index contributed by atoms with van der Waals surface area (Å²) < 4.78 is 19.1. The molecule has 4 N–H and O–H groups in total. The number of nitrogens with zero attached hydrogens (tertiary/aromatic N) is 2. The average Bonchev–Trinajstić information content (AvgIpc) is 2.51. The Morgan fingerprint density at radius 1 is 1.53 bits per heavy atom. The first-order valence-electron chi connectivity index (χ1n) is 4.97. The van der Waals surface area contributed by atoms with E-state index in [1.54, 1.807) is 0 Å². The van der Waals surface area contributed by atoms with E-state index in [0.29, 0.717) is 0 Å². The molecule has 1 fully saturated rings. The van der Waals surface area contributed by atoms with Crippen LogP contribution in [-0.2, 0) is 4.74 Å². The number of halogens is 1. The molecule has 1 aromatic rings. The molecule has 0 saturated carbocycles. The standard InChI is InChI=1S/C9H12FN3O4/c1-3-5(14)6(15)8(17-3)13-2-4(10)7(11)12-9(13)16/h2-3,5-6,8,14-15H,1H3,(H2,11,12,16). The minimum Gasteiger partial charge on any atom is -0.388 e. The second-order valence-electron chi connectivity index (χ2n) is 3.88. The van der Waals surface area contributed by atoms with E-state index in [1.165, 1.54) is 6.92 Å². The maximum Gasteiger partial charge on any atom is 0.351 e. The lowest BCUT2D eigenvalue weighted by molar-refractivity contribution is -0.0355. The van der Waals surface area contributed by atoms with Crippen LogP contribution in [0.4, 0.5) is 10.2 Å². The molecule has 2 rings (SSSR count). The van der Waals surface area contributed by atoms with Crippen LogP contribution in [-0.4, -0.2) is 38.1 Å². The molecule has 94 valence electrons. The van der Waals surface area contributed by atoms with Crippen LogP contribution in [0.3, 0.4) is 0 Å². The summed E-state index contributed by atoms with van der Waals surface area (Å²) in [6.45, 7) is 1.53. The topological polar surface area (TPSA) is 111 Å². The first-order chi connectivity index (χ1) is 7.91. The summed E-state index contributed by atoms with van der Waals surface area (Å²) in [7, 11) is 0. The predicted octanol–water partition coefficient (Wildman–Crippen LogP) is -1.40. The van der Waals surface area contributed by atoms with E-state index in [4.69, 9.17) is 10.5 Å². The van der Waals surface area contributed by atoms with E-state index in [-0.39, 0.29) is 0 Å². The summed E-state index contributed by atoms with van der Waals surface area (Å²) in [5.74, 6) is -1.42. The van der Waals surface area contributed by atoms with Crippen LogP contribution in [0, 0.1) is 5.82 Å². The maximum atomic E-state index is 13.2. The molecule has 17 heavy (non-hydrogen) atoms. The number of ether oxygens (including phenoxy) is 1. The highest BCUT2D eigenvalue weighted by molar-refractivity contribution is 5.26. The Morgan fingerprint density at radius 3 is 2.71 bits per heavy atom. The lowest BCUT2D eigenvalue weighted by Gasteiger charge is -2.17. The van der Waals surface area contributed by atoms with Crippen LogP contribution in [0.25, 0.3) is 0 Å². The fourth-order valence-corrected chi connectivity index (χ4v) is 1.70. The number of aliphatic hydroxyl groups is 2. The Balaban J connectivity index is 2.42. The lowest BCUT2D eigenvalue weighted by atomic mass is 10.1. The van der Waals surface area contributed by atoms with Gasteiger partial charge in [0.25, 0.3) is 0 Å². The molecule has 4 atom stereocenters. The molecule has 1 aromatic heterocycles. The SMILES string of the molecule is CC1OC(n2cc(F)c(N)nc2=O)C(O)C1O. The summed E-state index contributed by atoms with van der Waals surface area (Å²) in [4.78, 5) is 14.7. The number of aliphatic hydroxyl groups excluding tert-OH is 2. The van der Waals surface area contributed by atoms with Crippen molar-refractivity contribution in [2.24, 2.45) is 0 Å². The van der Waals surface area contributed by atoms with Gasteiger partial charge in [0.15, 0.2) is 17.9 Å². The highest BCUT2D eigenvalue weighted by Gasteiger charge is 2.41. The highest BCUT2D eigenvalue weighted by atomic mass is 19.1. The van der Waals surface area contributed by atoms with Gasteiger partial charge in [0.05, 0.1) is 12.3 Å². The molecule has 8 heteroatoms. The third-order valence-electron chi connectivity index (χ3n) is 2.69. The Kier molecular flexibility index (Phi) is 2.86. The van der Waals surface area contributed by atoms with Gasteiger partial charge in [-0.25, -0.2) is 9.18 Å². The summed E-state index contributed by atoms with van der Waals surface area (Å²) in [5.41, 5.74) is 4.27. The molecule has 2 heterocycles. The smallest absolute Gasteiger partial charge is 0.351 e. The fraction of sp³-hybridized carbons (Fsp3) is 0.556. The summed E-state index contributed by atoms with van der Waals surface area (Å²) >= 11 is 0. The summed E-state index contributed by atoms with van der Waals surface area (Å²) in [6, 6.07) is 0. The monoisotopic (exact) mass is 245 g/mol. The zero-order valence-electron chi connectivity index (χ0n) is 8.95. The van der Waals surface area contributed by atoms with Crippen LogP contribution >= 0.6 is 0 Å². The molecule has 0 radical (unpaired) electrons. The molecule has 0 bridgehead atoms. The van der Waals surface area contributed by atoms with Gasteiger partial charge in [-0.3, -0.25) is 4.57 Å². The molecule has 1 aliphatic rings. The van der Waals surface area contributed by atoms with E-state index in [0.717, 1.165) is 10.8 Å². The predicted molar refractivity (Wildman–Crippen MR) is 54.5 cm³/mol. The van der Waals surface area contributed by atoms with Gasteiger partial charge in [0, 0.05) is 0 Å². The second-order valence-corrected chi connectivity index (χ2v) is 3.88. The normalized spacial score (nSPS) is 32.9. The van der Waals surface area contributed by atoms with Crippen molar-refractivity contribution in [1.29, 1.82) is 0 Å². The molecule has 0 spiro atoms. The molecule has 1 saturated heterocycles. The van der Waals surface area contributed by atoms with Crippen molar-refractivity contribution in [2.75, 3.05) is 5.73 Å². The van der Waals surface area contributed by atoms with Crippen LogP contribution in [0.15, 0.2) is 11.0 Å². The Hall–Kier alpha value is -1.51. The number of hydrogen-bond donors (Lipinski definition) is 3. The van der Waals surface area contributed by atoms with Crippen molar-refractivity contribution in [1.82, 2.24) is 9.55 Å². The number of anilines is 1. The number of hydrogen-bond acceptors (Lipinski definition) is 6. The molecule has 4 unspecified atom stereocenters. The van der Waals surface area contributed by atoms with E-state index in [9.17, 15) is 19.4 Å². The molecule has 0 aromatic carbocycles. The number of nitrogen functional groups attached to an aromatic ring is 1. The first-order valence-corrected chi connectivity index (χ1v) is 4.97. The highest BCUT2D eigenvalue weighted by Crippen LogP contribution is 2.28. The Labute approximate surface area is 95.3 Å². The molecule has 7 nitrogen and oxygen atoms in total. The van der Waals surface area contributed by atoms with Gasteiger partial charge in [0.2, 0.25) is 0 Å². The minimum absolute atomic E-state index is 0.521. The van der Waals surface area contributed by atoms with Gasteiger partial charge in [-0.05, 0) is 6.92 Å². The van der Waals surface area contributed by atoms with Crippen molar-refractivity contribution in [3.8, 4) is 0 Å². The second kappa shape index (κ2) is 4.06. The van der Waals surface area contributed by atoms with Gasteiger partial charge in [-0.1, -0.05) is 0 Å². The zero-order chi connectivity index (χ0) is 12.7. The molecular formula is C9H12FN3O4. The van der Waals surface area contributed by atoms with Crippen LogP contribution in [0.2, 0.25) is 0 Å². The van der Waals surface area contributed by atoms with Gasteiger partial charge in [-0.15, -0.1) is 0 Å². The molecular weight excluding hydrogens is 233 g/mol. The zero-order valence-corrected chi connectivity index (χ0v) is 8.95. The number of rotatable bonds is 1. The summed E-state index contributed by atoms with van der Waals surface area (Å²) in [5, 5.41) is 19.1. The van der Waals surface area contributed by atoms with Gasteiger partial charge < -0.3 is 20.7 Å². The van der Waals surface area contributed by atoms with Crippen molar-refractivity contribution < 1.29 is 19.3 Å². The van der Waals surface area contributed by atoms with Crippen LogP contribution in [0.5, 0.6) is 0 Å². The van der Waals surface area contributed by atoms with E-state index < -0.39 is 41.9 Å². The molecule has 0 aliphatic carbocycles. The lowest BCUT2D eigenvalue weighted by Crippen LogP contribution is -2.35. The first kappa shape index (κ1) is 12.0. The quantitative estimate of drug-likeness (QED) is 0.561. The minimum atomic E-state index is -1.33. The van der Waals surface area contributed by atoms with Gasteiger partial charge >= 0.3 is 5.69 Å². The number of aromatic nitrogens is 2. The van der Waals surface area contributed by atoms with Crippen molar-refractivity contribution in [3.05, 3.63) is 22.5 Å². The molecule has 1 aliphatic heterocycles. The van der Waals surface area contributed by atoms with Crippen molar-refractivity contribution in [3.63, 3.8) is 0 Å². The Morgan fingerprint density at radius 2 is 2.18 bits per heavy atom. The van der Waals surface area contributed by atoms with Gasteiger partial charge in [-0.2, -0.15) is 4.98 Å². The number of nitrogens with two attached hydrogens (primary N) is 1. The van der Waals surface area contributed by atoms with Crippen molar-refractivity contribution in [2.45, 2.75) is 31.5 Å². The van der Waals surface area contributed by atoms with E-state index in [1.807, 2.05) is 0 Å². The van der Waals surface area contributed by atoms with E-state index >= 15 is 0 Å². The molecule has 0 amide bonds. The third-order valence-corrected chi connectivity index (χ3v) is 2.69. The fourth-order valence-electron chi connectivity index (χ4n) is 1.70. The largest absolute Gasteiger partial charge is 0.388 e. The van der Waals surface area contributed by atoms with Gasteiger partial charge in [0.1, 0.15) is 12.2 Å². The summed E-state index contributed by atoms with van der Waals surface area (Å²) in [6.07, 6.45) is -3.51. The third kappa shape index (κ3) is 1.90.